The van der Waals surface area contributed by atoms with Gasteiger partial charge >= 0.3 is 0 Å². The van der Waals surface area contributed by atoms with Crippen LogP contribution >= 0.6 is 24.0 Å². The molecule has 0 saturated carbocycles. The molecule has 5 nitrogen and oxygen atoms in total. The molecule has 7 heteroatoms. The summed E-state index contributed by atoms with van der Waals surface area (Å²) in [7, 11) is 0. The monoisotopic (exact) mass is 347 g/mol. The minimum absolute atomic E-state index is 0. The van der Waals surface area contributed by atoms with Gasteiger partial charge in [-0.05, 0) is 50.5 Å². The van der Waals surface area contributed by atoms with E-state index < -0.39 is 4.92 Å². The smallest absolute Gasteiger partial charge is 0.287 e. The Morgan fingerprint density at radius 1 is 1.41 bits per heavy atom. The van der Waals surface area contributed by atoms with Gasteiger partial charge in [-0.1, -0.05) is 24.6 Å². The predicted molar refractivity (Wildman–Crippen MR) is 91.9 cm³/mol. The Morgan fingerprint density at radius 2 is 2.18 bits per heavy atom. The maximum absolute atomic E-state index is 10.8. The summed E-state index contributed by atoms with van der Waals surface area (Å²) in [6, 6.07) is 5.60. The van der Waals surface area contributed by atoms with Crippen molar-refractivity contribution < 1.29 is 4.92 Å². The van der Waals surface area contributed by atoms with Crippen LogP contribution in [0.4, 0.5) is 5.69 Å². The highest BCUT2D eigenvalue weighted by Crippen LogP contribution is 2.26. The molecule has 124 valence electrons. The lowest BCUT2D eigenvalue weighted by Crippen LogP contribution is -2.35. The van der Waals surface area contributed by atoms with Crippen LogP contribution in [0.5, 0.6) is 0 Å². The highest BCUT2D eigenvalue weighted by Gasteiger charge is 2.20. The maximum atomic E-state index is 10.8. The third-order valence-electron chi connectivity index (χ3n) is 4.06. The molecule has 0 radical (unpaired) electrons. The van der Waals surface area contributed by atoms with Gasteiger partial charge in [-0.3, -0.25) is 15.0 Å². The Labute approximate surface area is 142 Å². The van der Waals surface area contributed by atoms with E-state index in [-0.39, 0.29) is 23.1 Å². The van der Waals surface area contributed by atoms with Crippen LogP contribution in [0.2, 0.25) is 5.02 Å². The van der Waals surface area contributed by atoms with E-state index >= 15 is 0 Å². The standard InChI is InChI=1S/C15H22ClN3O2.ClH/c1-2-18(13-4-3-8-17-9-7-13)11-12-5-6-15(19(20)21)14(16)10-12;/h5-6,10,13,17H,2-4,7-9,11H2,1H3;1H. The van der Waals surface area contributed by atoms with Crippen molar-refractivity contribution in [1.82, 2.24) is 10.2 Å². The van der Waals surface area contributed by atoms with Crippen LogP contribution in [0, 0.1) is 10.1 Å². The molecule has 0 bridgehead atoms. The van der Waals surface area contributed by atoms with Crippen LogP contribution in [0.3, 0.4) is 0 Å². The lowest BCUT2D eigenvalue weighted by molar-refractivity contribution is -0.384. The molecule has 0 amide bonds. The molecule has 1 aliphatic heterocycles. The topological polar surface area (TPSA) is 58.4 Å². The molecule has 1 N–H and O–H groups in total. The number of benzene rings is 1. The van der Waals surface area contributed by atoms with Crippen LogP contribution in [0.15, 0.2) is 18.2 Å². The van der Waals surface area contributed by atoms with E-state index in [9.17, 15) is 10.1 Å². The Balaban J connectivity index is 0.00000242. The van der Waals surface area contributed by atoms with Gasteiger partial charge in [0.2, 0.25) is 0 Å². The molecule has 1 aliphatic rings. The van der Waals surface area contributed by atoms with Gasteiger partial charge in [0.25, 0.3) is 5.69 Å². The Morgan fingerprint density at radius 3 is 2.82 bits per heavy atom. The average molecular weight is 348 g/mol. The lowest BCUT2D eigenvalue weighted by Gasteiger charge is -2.30. The molecular formula is C15H23Cl2N3O2. The van der Waals surface area contributed by atoms with Gasteiger partial charge in [0.05, 0.1) is 4.92 Å². The second-order valence-corrected chi connectivity index (χ2v) is 5.85. The number of nitro groups is 1. The predicted octanol–water partition coefficient (Wildman–Crippen LogP) is 3.63. The number of nitrogens with zero attached hydrogens (tertiary/aromatic N) is 2. The van der Waals surface area contributed by atoms with Crippen molar-refractivity contribution in [2.45, 2.75) is 38.8 Å². The van der Waals surface area contributed by atoms with Gasteiger partial charge in [0.15, 0.2) is 0 Å². The first kappa shape index (κ1) is 19.2. The minimum Gasteiger partial charge on any atom is -0.317 e. The van der Waals surface area contributed by atoms with E-state index in [1.165, 1.54) is 18.9 Å². The molecular weight excluding hydrogens is 325 g/mol. The van der Waals surface area contributed by atoms with E-state index in [1.807, 2.05) is 6.07 Å². The zero-order valence-corrected chi connectivity index (χ0v) is 14.3. The number of rotatable bonds is 5. The highest BCUT2D eigenvalue weighted by atomic mass is 35.5. The first-order valence-corrected chi connectivity index (χ1v) is 7.87. The van der Waals surface area contributed by atoms with E-state index in [2.05, 4.69) is 17.1 Å². The third-order valence-corrected chi connectivity index (χ3v) is 4.37. The van der Waals surface area contributed by atoms with Crippen molar-refractivity contribution in [3.05, 3.63) is 38.9 Å². The number of nitro benzene ring substituents is 1. The van der Waals surface area contributed by atoms with Crippen molar-refractivity contribution in [1.29, 1.82) is 0 Å². The molecule has 1 aromatic rings. The van der Waals surface area contributed by atoms with E-state index in [1.54, 1.807) is 6.07 Å². The fraction of sp³-hybridized carbons (Fsp3) is 0.600. The summed E-state index contributed by atoms with van der Waals surface area (Å²) in [6.07, 6.45) is 3.54. The molecule has 22 heavy (non-hydrogen) atoms. The van der Waals surface area contributed by atoms with E-state index in [4.69, 9.17) is 11.6 Å². The SMILES string of the molecule is CCN(Cc1ccc([N+](=O)[O-])c(Cl)c1)C1CCCNCC1.Cl. The third kappa shape index (κ3) is 5.09. The number of nitrogens with one attached hydrogen (secondary N) is 1. The van der Waals surface area contributed by atoms with E-state index in [0.29, 0.717) is 6.04 Å². The van der Waals surface area contributed by atoms with Crippen molar-refractivity contribution in [2.24, 2.45) is 0 Å². The van der Waals surface area contributed by atoms with Crippen molar-refractivity contribution in [3.63, 3.8) is 0 Å². The second kappa shape index (κ2) is 9.30. The lowest BCUT2D eigenvalue weighted by atomic mass is 10.1. The highest BCUT2D eigenvalue weighted by molar-refractivity contribution is 6.32. The second-order valence-electron chi connectivity index (χ2n) is 5.44. The van der Waals surface area contributed by atoms with Crippen molar-refractivity contribution >= 4 is 29.7 Å². The Kier molecular flexibility index (Phi) is 8.10. The molecule has 1 aromatic carbocycles. The summed E-state index contributed by atoms with van der Waals surface area (Å²) in [5, 5.41) is 14.4. The zero-order chi connectivity index (χ0) is 15.2. The minimum atomic E-state index is -0.444. The summed E-state index contributed by atoms with van der Waals surface area (Å²) in [5.74, 6) is 0. The van der Waals surface area contributed by atoms with Crippen molar-refractivity contribution in [2.75, 3.05) is 19.6 Å². The first-order valence-electron chi connectivity index (χ1n) is 7.49. The summed E-state index contributed by atoms with van der Waals surface area (Å²) in [6.45, 7) is 6.07. The molecule has 1 fully saturated rings. The van der Waals surface area contributed by atoms with Gasteiger partial charge in [-0.25, -0.2) is 0 Å². The van der Waals surface area contributed by atoms with E-state index in [0.717, 1.165) is 38.2 Å². The molecule has 0 aromatic heterocycles. The Hall–Kier alpha value is -0.880. The average Bonchev–Trinajstić information content (AvgIpc) is 2.73. The molecule has 0 aliphatic carbocycles. The molecule has 1 unspecified atom stereocenters. The van der Waals surface area contributed by atoms with Crippen LogP contribution in [0.1, 0.15) is 31.7 Å². The fourth-order valence-electron chi connectivity index (χ4n) is 2.90. The van der Waals surface area contributed by atoms with Gasteiger partial charge in [0, 0.05) is 18.7 Å². The summed E-state index contributed by atoms with van der Waals surface area (Å²) in [4.78, 5) is 12.8. The summed E-state index contributed by atoms with van der Waals surface area (Å²) < 4.78 is 0. The molecule has 1 saturated heterocycles. The molecule has 2 rings (SSSR count). The van der Waals surface area contributed by atoms with Crippen LogP contribution in [-0.4, -0.2) is 35.5 Å². The van der Waals surface area contributed by atoms with Gasteiger partial charge in [-0.2, -0.15) is 0 Å². The van der Waals surface area contributed by atoms with Crippen LogP contribution < -0.4 is 5.32 Å². The van der Waals surface area contributed by atoms with Gasteiger partial charge in [0.1, 0.15) is 5.02 Å². The summed E-state index contributed by atoms with van der Waals surface area (Å²) >= 11 is 5.99. The maximum Gasteiger partial charge on any atom is 0.287 e. The van der Waals surface area contributed by atoms with Crippen LogP contribution in [-0.2, 0) is 6.54 Å². The fourth-order valence-corrected chi connectivity index (χ4v) is 3.17. The zero-order valence-electron chi connectivity index (χ0n) is 12.8. The Bertz CT molecular complexity index is 492. The van der Waals surface area contributed by atoms with Crippen LogP contribution in [0.25, 0.3) is 0 Å². The molecule has 0 spiro atoms. The summed E-state index contributed by atoms with van der Waals surface area (Å²) in [5.41, 5.74) is 1.01. The first-order chi connectivity index (χ1) is 10.1. The number of halogens is 2. The number of hydrogen-bond acceptors (Lipinski definition) is 4. The van der Waals surface area contributed by atoms with Gasteiger partial charge < -0.3 is 5.32 Å². The van der Waals surface area contributed by atoms with Crippen molar-refractivity contribution in [3.8, 4) is 0 Å². The van der Waals surface area contributed by atoms with Gasteiger partial charge in [-0.15, -0.1) is 12.4 Å². The molecule has 1 atom stereocenters. The quantitative estimate of drug-likeness (QED) is 0.652. The molecule has 1 heterocycles. The largest absolute Gasteiger partial charge is 0.317 e. The number of hydrogen-bond donors (Lipinski definition) is 1. The normalized spacial score (nSPS) is 18.6.